The molecule has 1 nitrogen and oxygen atoms in total. The number of hydrogen-bond donors (Lipinski definition) is 0. The van der Waals surface area contributed by atoms with E-state index in [9.17, 15) is 17.6 Å². The van der Waals surface area contributed by atoms with Crippen molar-refractivity contribution < 1.29 is 22.3 Å². The highest BCUT2D eigenvalue weighted by molar-refractivity contribution is 4.76. The van der Waals surface area contributed by atoms with Crippen molar-refractivity contribution in [3.8, 4) is 0 Å². The molecule has 0 aliphatic rings. The minimum absolute atomic E-state index is 0.00191. The molecule has 0 saturated heterocycles. The predicted octanol–water partition coefficient (Wildman–Crippen LogP) is 3.44. The summed E-state index contributed by atoms with van der Waals surface area (Å²) in [4.78, 5) is 0. The van der Waals surface area contributed by atoms with Crippen LogP contribution in [0.5, 0.6) is 0 Å². The summed E-state index contributed by atoms with van der Waals surface area (Å²) in [7, 11) is 0. The van der Waals surface area contributed by atoms with Crippen LogP contribution < -0.4 is 0 Å². The SMILES string of the molecule is CCCOC(F)(F)C(F)(F)CCC. The number of rotatable bonds is 6. The smallest absolute Gasteiger partial charge is 0.316 e. The molecule has 0 aliphatic carbocycles. The number of hydrogen-bond acceptors (Lipinski definition) is 1. The summed E-state index contributed by atoms with van der Waals surface area (Å²) >= 11 is 0. The Balaban J connectivity index is 4.22. The molecular weight excluding hydrogens is 188 g/mol. The van der Waals surface area contributed by atoms with Gasteiger partial charge in [-0.3, -0.25) is 0 Å². The predicted molar refractivity (Wildman–Crippen MR) is 41.0 cm³/mol. The average molecular weight is 202 g/mol. The number of ether oxygens (including phenoxy) is 1. The third kappa shape index (κ3) is 3.50. The van der Waals surface area contributed by atoms with E-state index in [4.69, 9.17) is 0 Å². The van der Waals surface area contributed by atoms with Crippen molar-refractivity contribution in [3.05, 3.63) is 0 Å². The average Bonchev–Trinajstić information content (AvgIpc) is 2.00. The van der Waals surface area contributed by atoms with E-state index in [2.05, 4.69) is 4.74 Å². The normalized spacial score (nSPS) is 13.4. The lowest BCUT2D eigenvalue weighted by Crippen LogP contribution is -2.42. The molecule has 0 unspecified atom stereocenters. The Bertz CT molecular complexity index is 147. The molecule has 0 spiro atoms. The Kier molecular flexibility index (Phi) is 4.67. The summed E-state index contributed by atoms with van der Waals surface area (Å²) in [6.07, 6.45) is -4.90. The summed E-state index contributed by atoms with van der Waals surface area (Å²) < 4.78 is 54.3. The Morgan fingerprint density at radius 3 is 1.92 bits per heavy atom. The van der Waals surface area contributed by atoms with Gasteiger partial charge in [-0.05, 0) is 6.42 Å². The molecule has 0 rings (SSSR count). The highest BCUT2D eigenvalue weighted by atomic mass is 19.3. The molecule has 0 atom stereocenters. The van der Waals surface area contributed by atoms with Gasteiger partial charge in [-0.1, -0.05) is 20.3 Å². The summed E-state index contributed by atoms with van der Waals surface area (Å²) in [5, 5.41) is 0. The largest absolute Gasteiger partial charge is 0.419 e. The lowest BCUT2D eigenvalue weighted by Gasteiger charge is -2.25. The van der Waals surface area contributed by atoms with Crippen molar-refractivity contribution in [1.29, 1.82) is 0 Å². The summed E-state index contributed by atoms with van der Waals surface area (Å²) in [6, 6.07) is 0. The van der Waals surface area contributed by atoms with Crippen LogP contribution in [0.1, 0.15) is 33.1 Å². The van der Waals surface area contributed by atoms with E-state index in [0.717, 1.165) is 0 Å². The van der Waals surface area contributed by atoms with Crippen molar-refractivity contribution in [1.82, 2.24) is 0 Å². The van der Waals surface area contributed by atoms with E-state index < -0.39 is 18.5 Å². The van der Waals surface area contributed by atoms with Crippen LogP contribution in [0.25, 0.3) is 0 Å². The fourth-order valence-electron chi connectivity index (χ4n) is 0.795. The first-order chi connectivity index (χ1) is 5.87. The first-order valence-electron chi connectivity index (χ1n) is 4.27. The van der Waals surface area contributed by atoms with E-state index in [1.54, 1.807) is 6.92 Å². The molecule has 0 aromatic heterocycles. The molecule has 0 N–H and O–H groups in total. The van der Waals surface area contributed by atoms with Crippen LogP contribution in [0.3, 0.4) is 0 Å². The van der Waals surface area contributed by atoms with Crippen LogP contribution in [0.2, 0.25) is 0 Å². The molecule has 0 saturated carbocycles. The van der Waals surface area contributed by atoms with Crippen molar-refractivity contribution >= 4 is 0 Å². The van der Waals surface area contributed by atoms with E-state index >= 15 is 0 Å². The lowest BCUT2D eigenvalue weighted by atomic mass is 10.2. The molecule has 0 fully saturated rings. The molecule has 0 aromatic carbocycles. The second-order valence-corrected chi connectivity index (χ2v) is 2.82. The van der Waals surface area contributed by atoms with Gasteiger partial charge in [0.2, 0.25) is 0 Å². The Morgan fingerprint density at radius 2 is 1.54 bits per heavy atom. The third-order valence-corrected chi connectivity index (χ3v) is 1.48. The molecule has 5 heteroatoms. The zero-order valence-corrected chi connectivity index (χ0v) is 7.75. The summed E-state index contributed by atoms with van der Waals surface area (Å²) in [5.74, 6) is -4.06. The van der Waals surface area contributed by atoms with Crippen LogP contribution in [0, 0.1) is 0 Å². The first-order valence-corrected chi connectivity index (χ1v) is 4.27. The van der Waals surface area contributed by atoms with Gasteiger partial charge in [0.15, 0.2) is 0 Å². The van der Waals surface area contributed by atoms with Gasteiger partial charge >= 0.3 is 12.0 Å². The monoisotopic (exact) mass is 202 g/mol. The van der Waals surface area contributed by atoms with E-state index in [1.807, 2.05) is 0 Å². The maximum absolute atomic E-state index is 12.7. The lowest BCUT2D eigenvalue weighted by molar-refractivity contribution is -0.348. The molecule has 0 aromatic rings. The quantitative estimate of drug-likeness (QED) is 0.599. The highest BCUT2D eigenvalue weighted by Gasteiger charge is 2.56. The first kappa shape index (κ1) is 12.7. The highest BCUT2D eigenvalue weighted by Crippen LogP contribution is 2.38. The van der Waals surface area contributed by atoms with Crippen LogP contribution in [-0.2, 0) is 4.74 Å². The van der Waals surface area contributed by atoms with Gasteiger partial charge in [-0.15, -0.1) is 0 Å². The molecule has 80 valence electrons. The van der Waals surface area contributed by atoms with Gasteiger partial charge < -0.3 is 4.74 Å². The van der Waals surface area contributed by atoms with E-state index in [0.29, 0.717) is 0 Å². The fourth-order valence-corrected chi connectivity index (χ4v) is 0.795. The second kappa shape index (κ2) is 4.79. The van der Waals surface area contributed by atoms with Crippen molar-refractivity contribution in [2.75, 3.05) is 6.61 Å². The van der Waals surface area contributed by atoms with Crippen LogP contribution >= 0.6 is 0 Å². The van der Waals surface area contributed by atoms with Crippen LogP contribution in [0.4, 0.5) is 17.6 Å². The van der Waals surface area contributed by atoms with Crippen LogP contribution in [0.15, 0.2) is 0 Å². The Labute approximate surface area is 75.1 Å². The topological polar surface area (TPSA) is 9.23 Å². The Morgan fingerprint density at radius 1 is 1.00 bits per heavy atom. The number of alkyl halides is 4. The molecule has 0 aliphatic heterocycles. The summed E-state index contributed by atoms with van der Waals surface area (Å²) in [6.45, 7) is 2.64. The minimum Gasteiger partial charge on any atom is -0.316 e. The van der Waals surface area contributed by atoms with Crippen molar-refractivity contribution in [2.24, 2.45) is 0 Å². The maximum Gasteiger partial charge on any atom is 0.419 e. The molecule has 0 bridgehead atoms. The van der Waals surface area contributed by atoms with Crippen molar-refractivity contribution in [3.63, 3.8) is 0 Å². The van der Waals surface area contributed by atoms with Gasteiger partial charge in [0, 0.05) is 6.42 Å². The minimum atomic E-state index is -4.33. The maximum atomic E-state index is 12.7. The van der Waals surface area contributed by atoms with Crippen LogP contribution in [-0.4, -0.2) is 18.6 Å². The number of halogens is 4. The van der Waals surface area contributed by atoms with E-state index in [-0.39, 0.29) is 19.4 Å². The second-order valence-electron chi connectivity index (χ2n) is 2.82. The van der Waals surface area contributed by atoms with Gasteiger partial charge in [-0.25, -0.2) is 0 Å². The molecule has 0 radical (unpaired) electrons. The van der Waals surface area contributed by atoms with Gasteiger partial charge in [0.05, 0.1) is 6.61 Å². The zero-order valence-electron chi connectivity index (χ0n) is 7.75. The summed E-state index contributed by atoms with van der Waals surface area (Å²) in [5.41, 5.74) is 0. The van der Waals surface area contributed by atoms with Crippen molar-refractivity contribution in [2.45, 2.75) is 45.1 Å². The fraction of sp³-hybridized carbons (Fsp3) is 1.00. The van der Waals surface area contributed by atoms with E-state index in [1.165, 1.54) is 6.92 Å². The van der Waals surface area contributed by atoms with Gasteiger partial charge in [0.1, 0.15) is 0 Å². The van der Waals surface area contributed by atoms with Gasteiger partial charge in [0.25, 0.3) is 0 Å². The zero-order chi connectivity index (χ0) is 10.5. The molecule has 13 heavy (non-hydrogen) atoms. The Hall–Kier alpha value is -0.320. The molecule has 0 amide bonds. The third-order valence-electron chi connectivity index (χ3n) is 1.48. The standard InChI is InChI=1S/C8H14F4O/c1-3-5-7(9,10)8(11,12)13-6-4-2/h3-6H2,1-2H3. The molecule has 0 heterocycles. The molecular formula is C8H14F4O. The van der Waals surface area contributed by atoms with Gasteiger partial charge in [-0.2, -0.15) is 17.6 Å².